The summed E-state index contributed by atoms with van der Waals surface area (Å²) in [5, 5.41) is 9.57. The number of nitrogens with zero attached hydrogens (tertiary/aromatic N) is 4. The van der Waals surface area contributed by atoms with Gasteiger partial charge in [-0.3, -0.25) is 10.1 Å². The molecule has 0 fully saturated rings. The highest BCUT2D eigenvalue weighted by atomic mass is 35.5. The summed E-state index contributed by atoms with van der Waals surface area (Å²) in [6, 6.07) is 15.0. The fourth-order valence-electron chi connectivity index (χ4n) is 3.98. The number of urea groups is 1. The molecule has 15 heteroatoms. The van der Waals surface area contributed by atoms with Gasteiger partial charge in [-0.15, -0.1) is 0 Å². The number of alkyl halides is 3. The van der Waals surface area contributed by atoms with Gasteiger partial charge in [-0.2, -0.15) is 18.0 Å². The van der Waals surface area contributed by atoms with Gasteiger partial charge in [0.15, 0.2) is 0 Å². The number of nitrogens with one attached hydrogen (secondary N) is 3. The smallest absolute Gasteiger partial charge is 0.447 e. The van der Waals surface area contributed by atoms with Crippen molar-refractivity contribution >= 4 is 51.9 Å². The van der Waals surface area contributed by atoms with Crippen LogP contribution in [0.1, 0.15) is 24.8 Å². The minimum Gasteiger partial charge on any atom is -0.447 e. The third-order valence-corrected chi connectivity index (χ3v) is 6.73. The molecule has 228 valence electrons. The van der Waals surface area contributed by atoms with Crippen molar-refractivity contribution in [3.05, 3.63) is 76.9 Å². The Balaban J connectivity index is 1.58. The molecule has 43 heavy (non-hydrogen) atoms. The van der Waals surface area contributed by atoms with Crippen LogP contribution in [0.2, 0.25) is 5.02 Å². The number of carbonyl (C=O) groups excluding carboxylic acids is 3. The fourth-order valence-corrected chi connectivity index (χ4v) is 4.18. The quantitative estimate of drug-likeness (QED) is 0.111. The molecule has 3 N–H and O–H groups in total. The van der Waals surface area contributed by atoms with E-state index in [1.807, 2.05) is 34.4 Å². The number of fused-ring (bicyclic) bond motifs is 1. The molecule has 1 atom stereocenters. The van der Waals surface area contributed by atoms with Crippen molar-refractivity contribution in [1.82, 2.24) is 20.5 Å². The first-order chi connectivity index (χ1) is 20.5. The van der Waals surface area contributed by atoms with Crippen molar-refractivity contribution in [2.24, 2.45) is 0 Å². The number of unbranched alkanes of at least 4 members (excludes halogenated alkanes) is 1. The maximum absolute atomic E-state index is 12.9. The summed E-state index contributed by atoms with van der Waals surface area (Å²) in [5.41, 5.74) is 7.24. The van der Waals surface area contributed by atoms with Gasteiger partial charge in [0.05, 0.1) is 6.04 Å². The van der Waals surface area contributed by atoms with Crippen LogP contribution in [0.15, 0.2) is 60.8 Å². The van der Waals surface area contributed by atoms with Gasteiger partial charge in [-0.1, -0.05) is 54.1 Å². The van der Waals surface area contributed by atoms with Gasteiger partial charge in [0.1, 0.15) is 12.4 Å². The third kappa shape index (κ3) is 9.97. The zero-order valence-electron chi connectivity index (χ0n) is 23.0. The summed E-state index contributed by atoms with van der Waals surface area (Å²) in [6.45, 7) is -0.222. The lowest BCUT2D eigenvalue weighted by Crippen LogP contribution is -2.46. The van der Waals surface area contributed by atoms with Crippen molar-refractivity contribution in [2.45, 2.75) is 38.0 Å². The number of carbonyl (C=O) groups is 3. The molecule has 0 unspecified atom stereocenters. The number of benzene rings is 2. The van der Waals surface area contributed by atoms with Crippen LogP contribution in [-0.4, -0.2) is 70.8 Å². The number of pyridine rings is 1. The summed E-state index contributed by atoms with van der Waals surface area (Å²) in [6.07, 6.45) is -3.47. The zero-order chi connectivity index (χ0) is 31.4. The third-order valence-electron chi connectivity index (χ3n) is 6.36. The molecule has 2 aromatic carbocycles. The molecule has 0 saturated heterocycles. The van der Waals surface area contributed by atoms with E-state index < -0.39 is 36.0 Å². The van der Waals surface area contributed by atoms with Gasteiger partial charge in [-0.25, -0.2) is 14.6 Å². The van der Waals surface area contributed by atoms with Gasteiger partial charge < -0.3 is 25.8 Å². The molecule has 11 nitrogen and oxygen atoms in total. The molecular formula is C28H29ClF3N7O4. The molecule has 0 spiro atoms. The Morgan fingerprint density at radius 3 is 2.47 bits per heavy atom. The normalized spacial score (nSPS) is 11.7. The lowest BCUT2D eigenvalue weighted by Gasteiger charge is -2.28. The van der Waals surface area contributed by atoms with Crippen LogP contribution < -0.4 is 16.0 Å². The minimum atomic E-state index is -5.11. The lowest BCUT2D eigenvalue weighted by atomic mass is 10.1. The highest BCUT2D eigenvalue weighted by Gasteiger charge is 2.49. The molecule has 0 aliphatic carbocycles. The monoisotopic (exact) mass is 619 g/mol. The number of likely N-dealkylation sites (N-methyl/N-ethyl adjacent to an activating group) is 1. The maximum atomic E-state index is 12.9. The second-order valence-corrected chi connectivity index (χ2v) is 9.76. The van der Waals surface area contributed by atoms with Crippen molar-refractivity contribution < 1.29 is 37.1 Å². The molecule has 0 saturated carbocycles. The molecule has 3 rings (SSSR count). The average Bonchev–Trinajstić information content (AvgIpc) is 2.97. The van der Waals surface area contributed by atoms with E-state index >= 15 is 0 Å². The second kappa shape index (κ2) is 15.5. The first kappa shape index (κ1) is 32.8. The van der Waals surface area contributed by atoms with Crippen LogP contribution >= 0.6 is 11.6 Å². The van der Waals surface area contributed by atoms with Gasteiger partial charge in [0, 0.05) is 36.7 Å². The number of hydrogen-bond acceptors (Lipinski definition) is 5. The lowest BCUT2D eigenvalue weighted by molar-refractivity contribution is -0.137. The van der Waals surface area contributed by atoms with Gasteiger partial charge in [-0.05, 0) is 42.3 Å². The van der Waals surface area contributed by atoms with Crippen LogP contribution in [0.25, 0.3) is 16.3 Å². The first-order valence-electron chi connectivity index (χ1n) is 13.1. The predicted molar refractivity (Wildman–Crippen MR) is 153 cm³/mol. The van der Waals surface area contributed by atoms with Crippen LogP contribution in [0.5, 0.6) is 0 Å². The van der Waals surface area contributed by atoms with Crippen molar-refractivity contribution in [3.63, 3.8) is 0 Å². The van der Waals surface area contributed by atoms with E-state index in [1.165, 1.54) is 11.9 Å². The number of amides is 4. The van der Waals surface area contributed by atoms with E-state index in [0.717, 1.165) is 10.8 Å². The number of hydrogen-bond donors (Lipinski definition) is 3. The molecule has 0 bridgehead atoms. The number of rotatable bonds is 12. The molecule has 4 amide bonds. The Morgan fingerprint density at radius 2 is 1.77 bits per heavy atom. The fraction of sp³-hybridized carbons (Fsp3) is 0.321. The largest absolute Gasteiger partial charge is 0.501 e. The Kier molecular flexibility index (Phi) is 11.8. The second-order valence-electron chi connectivity index (χ2n) is 9.35. The van der Waals surface area contributed by atoms with Gasteiger partial charge in [0.25, 0.3) is 0 Å². The van der Waals surface area contributed by atoms with Crippen molar-refractivity contribution in [2.75, 3.05) is 25.5 Å². The van der Waals surface area contributed by atoms with E-state index in [0.29, 0.717) is 17.0 Å². The minimum absolute atomic E-state index is 0.143. The summed E-state index contributed by atoms with van der Waals surface area (Å²) >= 11 is 6.16. The number of aromatic nitrogens is 1. The van der Waals surface area contributed by atoms with Gasteiger partial charge >= 0.3 is 29.9 Å². The van der Waals surface area contributed by atoms with Crippen LogP contribution in [-0.2, 0) is 16.1 Å². The highest BCUT2D eigenvalue weighted by molar-refractivity contribution is 6.38. The topological polar surface area (TPSA) is 149 Å². The molecular weight excluding hydrogens is 591 g/mol. The Hall–Kier alpha value is -4.68. The summed E-state index contributed by atoms with van der Waals surface area (Å²) in [4.78, 5) is 44.7. The van der Waals surface area contributed by atoms with E-state index in [1.54, 1.807) is 36.5 Å². The van der Waals surface area contributed by atoms with E-state index in [2.05, 4.69) is 15.6 Å². The summed E-state index contributed by atoms with van der Waals surface area (Å²) < 4.78 is 43.5. The Bertz CT molecular complexity index is 1500. The standard InChI is InChI=1S/C28H29ClF3N7O4/c1-39(26(41)36-16-20-10-4-5-12-22(20)29)21(11-6-7-13-34-25(40)24(38-33)28(30,31)32)17-43-27(42)37-23-14-18-8-2-3-9-19(18)15-35-23/h2-5,8-10,12,14-15,21H,6-7,11,13,16-17H2,1H3,(H,34,40)(H,36,41)(H,35,37,42)/t21-/m0/s1. The van der Waals surface area contributed by atoms with Crippen LogP contribution in [0, 0.1) is 0 Å². The van der Waals surface area contributed by atoms with Crippen molar-refractivity contribution in [1.29, 1.82) is 0 Å². The number of ether oxygens (including phenoxy) is 1. The Labute approximate surface area is 250 Å². The summed E-state index contributed by atoms with van der Waals surface area (Å²) in [7, 11) is 1.51. The Morgan fingerprint density at radius 1 is 1.07 bits per heavy atom. The average molecular weight is 620 g/mol. The molecule has 0 radical (unpaired) electrons. The molecule has 1 heterocycles. The molecule has 3 aromatic rings. The molecule has 0 aliphatic heterocycles. The highest BCUT2D eigenvalue weighted by Crippen LogP contribution is 2.18. The predicted octanol–water partition coefficient (Wildman–Crippen LogP) is 5.17. The van der Waals surface area contributed by atoms with E-state index in [4.69, 9.17) is 21.9 Å². The zero-order valence-corrected chi connectivity index (χ0v) is 23.8. The van der Waals surface area contributed by atoms with E-state index in [-0.39, 0.29) is 38.4 Å². The molecule has 1 aromatic heterocycles. The summed E-state index contributed by atoms with van der Waals surface area (Å²) in [5.74, 6) is -1.30. The number of halogens is 4. The number of anilines is 1. The van der Waals surface area contributed by atoms with Gasteiger partial charge in [0.2, 0.25) is 0 Å². The first-order valence-corrected chi connectivity index (χ1v) is 13.5. The SMILES string of the molecule is CN(C(=O)NCc1ccccc1Cl)[C@@H](CCCCNC(=O)C(=[N+]=[N-])C(F)(F)F)COC(=O)Nc1cc2ccccc2cn1. The maximum Gasteiger partial charge on any atom is 0.501 e. The van der Waals surface area contributed by atoms with Crippen LogP contribution in [0.3, 0.4) is 0 Å². The van der Waals surface area contributed by atoms with Crippen LogP contribution in [0.4, 0.5) is 28.6 Å². The van der Waals surface area contributed by atoms with Crippen molar-refractivity contribution in [3.8, 4) is 0 Å². The molecule has 0 aliphatic rings. The van der Waals surface area contributed by atoms with E-state index in [9.17, 15) is 27.6 Å².